The van der Waals surface area contributed by atoms with E-state index in [0.717, 1.165) is 5.56 Å². The molecule has 0 radical (unpaired) electrons. The van der Waals surface area contributed by atoms with Crippen LogP contribution >= 0.6 is 22.9 Å². The first-order valence-electron chi connectivity index (χ1n) is 6.45. The SMILES string of the molecule is Fc1cccc(-c2nn3c(-c4cccc(Cl)c4)nnc3s2)c1. The summed E-state index contributed by atoms with van der Waals surface area (Å²) in [5.41, 5.74) is 1.55. The lowest BCUT2D eigenvalue weighted by Crippen LogP contribution is -1.91. The molecule has 0 saturated carbocycles. The minimum Gasteiger partial charge on any atom is -0.207 e. The summed E-state index contributed by atoms with van der Waals surface area (Å²) < 4.78 is 15.0. The molecule has 0 aliphatic carbocycles. The van der Waals surface area contributed by atoms with Crippen molar-refractivity contribution in [1.29, 1.82) is 0 Å². The molecule has 2 aromatic carbocycles. The summed E-state index contributed by atoms with van der Waals surface area (Å²) in [5, 5.41) is 14.1. The van der Waals surface area contributed by atoms with Crippen molar-refractivity contribution in [3.8, 4) is 22.0 Å². The molecule has 108 valence electrons. The Kier molecular flexibility index (Phi) is 3.13. The van der Waals surface area contributed by atoms with Crippen LogP contribution in [0.5, 0.6) is 0 Å². The molecule has 4 rings (SSSR count). The van der Waals surface area contributed by atoms with Gasteiger partial charge in [-0.3, -0.25) is 0 Å². The Morgan fingerprint density at radius 3 is 2.64 bits per heavy atom. The standard InChI is InChI=1S/C15H8ClFN4S/c16-11-5-1-3-9(7-11)13-18-19-15-21(13)20-14(22-15)10-4-2-6-12(17)8-10/h1-8H. The van der Waals surface area contributed by atoms with E-state index >= 15 is 0 Å². The quantitative estimate of drug-likeness (QED) is 0.550. The third kappa shape index (κ3) is 2.26. The third-order valence-electron chi connectivity index (χ3n) is 3.15. The minimum absolute atomic E-state index is 0.293. The maximum absolute atomic E-state index is 13.4. The lowest BCUT2D eigenvalue weighted by Gasteiger charge is -1.98. The average Bonchev–Trinajstić information content (AvgIpc) is 3.07. The van der Waals surface area contributed by atoms with Gasteiger partial charge < -0.3 is 0 Å². The van der Waals surface area contributed by atoms with Crippen molar-refractivity contribution in [2.75, 3.05) is 0 Å². The fraction of sp³-hybridized carbons (Fsp3) is 0. The van der Waals surface area contributed by atoms with Gasteiger partial charge in [0.1, 0.15) is 10.8 Å². The van der Waals surface area contributed by atoms with E-state index in [-0.39, 0.29) is 5.82 Å². The van der Waals surface area contributed by atoms with Crippen LogP contribution in [0.1, 0.15) is 0 Å². The molecule has 0 N–H and O–H groups in total. The van der Waals surface area contributed by atoms with Crippen LogP contribution in [0.3, 0.4) is 0 Å². The monoisotopic (exact) mass is 330 g/mol. The molecule has 0 atom stereocenters. The van der Waals surface area contributed by atoms with Crippen LogP contribution in [-0.4, -0.2) is 19.8 Å². The molecule has 4 aromatic rings. The summed E-state index contributed by atoms with van der Waals surface area (Å²) in [4.78, 5) is 0.647. The Labute approximate surface area is 133 Å². The second-order valence-corrected chi connectivity index (χ2v) is 6.04. The van der Waals surface area contributed by atoms with E-state index in [1.54, 1.807) is 22.7 Å². The van der Waals surface area contributed by atoms with Crippen molar-refractivity contribution in [2.24, 2.45) is 0 Å². The van der Waals surface area contributed by atoms with Gasteiger partial charge in [0.2, 0.25) is 4.96 Å². The van der Waals surface area contributed by atoms with Gasteiger partial charge in [-0.05, 0) is 24.3 Å². The van der Waals surface area contributed by atoms with Gasteiger partial charge in [0.15, 0.2) is 5.82 Å². The zero-order valence-electron chi connectivity index (χ0n) is 11.1. The molecule has 7 heteroatoms. The number of hydrogen-bond acceptors (Lipinski definition) is 4. The maximum Gasteiger partial charge on any atom is 0.235 e. The Hall–Kier alpha value is -2.31. The molecular formula is C15H8ClFN4S. The van der Waals surface area contributed by atoms with Crippen LogP contribution in [0, 0.1) is 5.82 Å². The van der Waals surface area contributed by atoms with Crippen molar-refractivity contribution >= 4 is 27.9 Å². The molecular weight excluding hydrogens is 323 g/mol. The molecule has 2 aromatic heterocycles. The molecule has 0 fully saturated rings. The second kappa shape index (κ2) is 5.15. The van der Waals surface area contributed by atoms with E-state index in [9.17, 15) is 4.39 Å². The Morgan fingerprint density at radius 2 is 1.82 bits per heavy atom. The van der Waals surface area contributed by atoms with E-state index in [0.29, 0.717) is 26.4 Å². The number of rotatable bonds is 2. The number of nitrogens with zero attached hydrogens (tertiary/aromatic N) is 4. The average molecular weight is 331 g/mol. The van der Waals surface area contributed by atoms with Crippen LogP contribution in [0.15, 0.2) is 48.5 Å². The normalized spacial score (nSPS) is 11.2. The molecule has 4 nitrogen and oxygen atoms in total. The Morgan fingerprint density at radius 1 is 1.00 bits per heavy atom. The van der Waals surface area contributed by atoms with Crippen LogP contribution < -0.4 is 0 Å². The highest BCUT2D eigenvalue weighted by atomic mass is 35.5. The highest BCUT2D eigenvalue weighted by molar-refractivity contribution is 7.19. The lowest BCUT2D eigenvalue weighted by molar-refractivity contribution is 0.628. The minimum atomic E-state index is -0.293. The number of halogens is 2. The predicted octanol–water partition coefficient (Wildman–Crippen LogP) is 4.31. The Balaban J connectivity index is 1.86. The lowest BCUT2D eigenvalue weighted by atomic mass is 10.2. The highest BCUT2D eigenvalue weighted by Crippen LogP contribution is 2.29. The molecule has 0 bridgehead atoms. The predicted molar refractivity (Wildman–Crippen MR) is 84.5 cm³/mol. The zero-order valence-corrected chi connectivity index (χ0v) is 12.6. The first kappa shape index (κ1) is 13.4. The fourth-order valence-electron chi connectivity index (χ4n) is 2.16. The van der Waals surface area contributed by atoms with Gasteiger partial charge in [-0.2, -0.15) is 9.61 Å². The van der Waals surface area contributed by atoms with E-state index in [1.165, 1.54) is 23.5 Å². The maximum atomic E-state index is 13.4. The summed E-state index contributed by atoms with van der Waals surface area (Å²) in [6, 6.07) is 13.7. The fourth-order valence-corrected chi connectivity index (χ4v) is 3.19. The summed E-state index contributed by atoms with van der Waals surface area (Å²) >= 11 is 7.37. The van der Waals surface area contributed by atoms with Crippen LogP contribution in [0.25, 0.3) is 26.9 Å². The van der Waals surface area contributed by atoms with Crippen LogP contribution in [-0.2, 0) is 0 Å². The van der Waals surface area contributed by atoms with Gasteiger partial charge in [0, 0.05) is 16.1 Å². The molecule has 0 spiro atoms. The second-order valence-electron chi connectivity index (χ2n) is 4.65. The van der Waals surface area contributed by atoms with Gasteiger partial charge in [-0.1, -0.05) is 47.2 Å². The molecule has 0 aliphatic rings. The van der Waals surface area contributed by atoms with Gasteiger partial charge in [0.25, 0.3) is 0 Å². The molecule has 0 unspecified atom stereocenters. The van der Waals surface area contributed by atoms with Crippen molar-refractivity contribution < 1.29 is 4.39 Å². The van der Waals surface area contributed by atoms with Gasteiger partial charge in [-0.25, -0.2) is 4.39 Å². The molecule has 0 aliphatic heterocycles. The topological polar surface area (TPSA) is 43.1 Å². The first-order chi connectivity index (χ1) is 10.7. The van der Waals surface area contributed by atoms with Gasteiger partial charge in [-0.15, -0.1) is 10.2 Å². The number of benzene rings is 2. The molecule has 22 heavy (non-hydrogen) atoms. The Bertz CT molecular complexity index is 979. The van der Waals surface area contributed by atoms with Crippen molar-refractivity contribution in [2.45, 2.75) is 0 Å². The van der Waals surface area contributed by atoms with Gasteiger partial charge in [0.05, 0.1) is 0 Å². The number of aromatic nitrogens is 4. The van der Waals surface area contributed by atoms with Crippen molar-refractivity contribution in [3.05, 3.63) is 59.4 Å². The highest BCUT2D eigenvalue weighted by Gasteiger charge is 2.14. The molecule has 0 amide bonds. The zero-order chi connectivity index (χ0) is 15.1. The third-order valence-corrected chi connectivity index (χ3v) is 4.33. The van der Waals surface area contributed by atoms with Crippen molar-refractivity contribution in [1.82, 2.24) is 19.8 Å². The largest absolute Gasteiger partial charge is 0.235 e. The van der Waals surface area contributed by atoms with E-state index in [1.807, 2.05) is 18.2 Å². The number of hydrogen-bond donors (Lipinski definition) is 0. The van der Waals surface area contributed by atoms with Crippen LogP contribution in [0.2, 0.25) is 5.02 Å². The summed E-state index contributed by atoms with van der Waals surface area (Å²) in [6.07, 6.45) is 0. The van der Waals surface area contributed by atoms with E-state index in [4.69, 9.17) is 11.6 Å². The van der Waals surface area contributed by atoms with E-state index in [2.05, 4.69) is 15.3 Å². The van der Waals surface area contributed by atoms with Crippen molar-refractivity contribution in [3.63, 3.8) is 0 Å². The smallest absolute Gasteiger partial charge is 0.207 e. The van der Waals surface area contributed by atoms with E-state index < -0.39 is 0 Å². The summed E-state index contributed by atoms with van der Waals surface area (Å²) in [6.45, 7) is 0. The van der Waals surface area contributed by atoms with Crippen LogP contribution in [0.4, 0.5) is 4.39 Å². The summed E-state index contributed by atoms with van der Waals surface area (Å²) in [7, 11) is 0. The van der Waals surface area contributed by atoms with Gasteiger partial charge >= 0.3 is 0 Å². The summed E-state index contributed by atoms with van der Waals surface area (Å²) in [5.74, 6) is 0.315. The number of fused-ring (bicyclic) bond motifs is 1. The molecule has 2 heterocycles. The molecule has 0 saturated heterocycles. The first-order valence-corrected chi connectivity index (χ1v) is 7.64.